The third-order valence-electron chi connectivity index (χ3n) is 12.3. The van der Waals surface area contributed by atoms with Crippen molar-refractivity contribution in [1.29, 1.82) is 0 Å². The van der Waals surface area contributed by atoms with Crippen molar-refractivity contribution in [2.75, 3.05) is 0 Å². The zero-order valence-corrected chi connectivity index (χ0v) is 38.1. The molecule has 1 spiro atoms. The van der Waals surface area contributed by atoms with Gasteiger partial charge in [-0.2, -0.15) is 0 Å². The number of hydrogen-bond acceptors (Lipinski definition) is 4. The molecule has 0 atom stereocenters. The topological polar surface area (TPSA) is 51.8 Å². The fourth-order valence-corrected chi connectivity index (χ4v) is 9.34. The summed E-state index contributed by atoms with van der Waals surface area (Å²) in [5.74, 6) is 0. The molecule has 307 valence electrons. The number of aryl methyl sites for hydroxylation is 2. The zero-order valence-electron chi connectivity index (χ0n) is 45.7. The minimum Gasteiger partial charge on any atom is -0.486 e. The van der Waals surface area contributed by atoms with Crippen LogP contribution in [0.3, 0.4) is 0 Å². The van der Waals surface area contributed by atoms with Crippen LogP contribution in [-0.2, 0) is 56.5 Å². The van der Waals surface area contributed by atoms with Crippen molar-refractivity contribution in [3.05, 3.63) is 148 Å². The van der Waals surface area contributed by atoms with Crippen LogP contribution >= 0.6 is 0 Å². The molecule has 4 aromatic heterocycles. The molecule has 5 heteroatoms. The summed E-state index contributed by atoms with van der Waals surface area (Å²) in [6.07, 6.45) is 0.802. The number of rotatable bonds is 4. The monoisotopic (exact) mass is 968 g/mol. The van der Waals surface area contributed by atoms with E-state index in [1.54, 1.807) is 59.7 Å². The van der Waals surface area contributed by atoms with E-state index in [-0.39, 0.29) is 58.6 Å². The Morgan fingerprint density at radius 1 is 0.712 bits per heavy atom. The van der Waals surface area contributed by atoms with Gasteiger partial charge in [-0.15, -0.1) is 54.1 Å². The first kappa shape index (κ1) is 31.4. The van der Waals surface area contributed by atoms with Gasteiger partial charge in [0.1, 0.15) is 0 Å². The molecule has 2 aliphatic rings. The van der Waals surface area contributed by atoms with Crippen molar-refractivity contribution >= 4 is 22.1 Å². The molecule has 2 aliphatic carbocycles. The third-order valence-corrected chi connectivity index (χ3v) is 12.3. The van der Waals surface area contributed by atoms with E-state index < -0.39 is 37.3 Å². The fourth-order valence-electron chi connectivity index (χ4n) is 9.34. The molecular formula is C54H59IrN3O-2. The van der Waals surface area contributed by atoms with Crippen molar-refractivity contribution in [1.82, 2.24) is 15.0 Å². The van der Waals surface area contributed by atoms with Crippen molar-refractivity contribution < 1.29 is 38.2 Å². The average Bonchev–Trinajstić information content (AvgIpc) is 3.88. The predicted octanol–water partition coefficient (Wildman–Crippen LogP) is 13.5. The van der Waals surface area contributed by atoms with Gasteiger partial charge in [0, 0.05) is 57.0 Å². The van der Waals surface area contributed by atoms with E-state index >= 15 is 0 Å². The smallest absolute Gasteiger partial charge is 0.216 e. The van der Waals surface area contributed by atoms with Gasteiger partial charge in [-0.25, -0.2) is 4.98 Å². The molecule has 0 bridgehead atoms. The number of pyridine rings is 3. The Balaban J connectivity index is 0.000000248. The van der Waals surface area contributed by atoms with Gasteiger partial charge >= 0.3 is 0 Å². The normalized spacial score (nSPS) is 19.5. The first-order chi connectivity index (χ1) is 31.3. The van der Waals surface area contributed by atoms with E-state index in [1.165, 1.54) is 29.1 Å². The van der Waals surface area contributed by atoms with Crippen LogP contribution in [0.15, 0.2) is 95.7 Å². The zero-order chi connectivity index (χ0) is 50.0. The molecule has 59 heavy (non-hydrogen) atoms. The summed E-state index contributed by atoms with van der Waals surface area (Å²) < 4.78 is 88.8. The van der Waals surface area contributed by atoms with Gasteiger partial charge in [-0.05, 0) is 106 Å². The number of furan rings is 1. The molecule has 1 radical (unpaired) electrons. The van der Waals surface area contributed by atoms with Gasteiger partial charge in [0.2, 0.25) is 5.71 Å². The summed E-state index contributed by atoms with van der Waals surface area (Å²) in [6.45, 7) is 15.0. The Labute approximate surface area is 380 Å². The van der Waals surface area contributed by atoms with Crippen LogP contribution in [0.1, 0.15) is 128 Å². The summed E-state index contributed by atoms with van der Waals surface area (Å²) in [7, 11) is 0. The maximum Gasteiger partial charge on any atom is 0.216 e. The van der Waals surface area contributed by atoms with Crippen LogP contribution in [-0.4, -0.2) is 15.0 Å². The Kier molecular flexibility index (Phi) is 8.12. The van der Waals surface area contributed by atoms with E-state index in [9.17, 15) is 0 Å². The number of aromatic nitrogens is 3. The Morgan fingerprint density at radius 3 is 1.88 bits per heavy atom. The summed E-state index contributed by atoms with van der Waals surface area (Å²) in [5, 5.41) is 1.79. The molecule has 0 saturated carbocycles. The molecule has 3 aromatic carbocycles. The van der Waals surface area contributed by atoms with Crippen LogP contribution in [0.5, 0.6) is 0 Å². The van der Waals surface area contributed by atoms with Crippen LogP contribution in [0.25, 0.3) is 44.6 Å². The molecule has 0 unspecified atom stereocenters. The van der Waals surface area contributed by atoms with Crippen molar-refractivity contribution in [2.24, 2.45) is 16.2 Å². The van der Waals surface area contributed by atoms with Crippen LogP contribution < -0.4 is 0 Å². The fraction of sp³-hybridized carbons (Fsp3) is 0.389. The van der Waals surface area contributed by atoms with Crippen LogP contribution in [0.4, 0.5) is 0 Å². The van der Waals surface area contributed by atoms with Crippen molar-refractivity contribution in [3.63, 3.8) is 0 Å². The summed E-state index contributed by atoms with van der Waals surface area (Å²) in [5.41, 5.74) is 6.56. The number of nitrogens with zero attached hydrogens (tertiary/aromatic N) is 3. The predicted molar refractivity (Wildman–Crippen MR) is 240 cm³/mol. The van der Waals surface area contributed by atoms with Gasteiger partial charge in [-0.1, -0.05) is 128 Å². The second kappa shape index (κ2) is 15.2. The van der Waals surface area contributed by atoms with E-state index in [1.807, 2.05) is 30.3 Å². The largest absolute Gasteiger partial charge is 0.486 e. The second-order valence-electron chi connectivity index (χ2n) is 19.1. The van der Waals surface area contributed by atoms with Gasteiger partial charge in [0.05, 0.1) is 11.3 Å². The molecule has 7 aromatic rings. The standard InChI is InChI=1S/C37H39N2O.C17H20N.Ir/c1-22-21-38-30(16-25(22)18-34(2,3)4)27-15-11-14-26-28-17-29-32(39-33(28)40-31(26)27)36(7,8)37(35(29,5)6)19-23-12-9-10-13-24(23)20-37;1-13-12-18-16(14-8-6-5-7-9-14)10-15(13)11-17(2,3)4;/h9-14,16-17,21H,18-20H2,1-8H3;5-8,10,12H,11H2,1-4H3;/q2*-1;/i1D3,18D2;1D3,11D2;. The summed E-state index contributed by atoms with van der Waals surface area (Å²) in [4.78, 5) is 14.0. The van der Waals surface area contributed by atoms with E-state index in [0.717, 1.165) is 29.3 Å². The maximum absolute atomic E-state index is 8.96. The average molecular weight is 968 g/mol. The Hall–Kier alpha value is -4.44. The first-order valence-corrected chi connectivity index (χ1v) is 20.1. The number of hydrogen-bond donors (Lipinski definition) is 0. The first-order valence-electron chi connectivity index (χ1n) is 25.1. The second-order valence-corrected chi connectivity index (χ2v) is 19.1. The molecule has 4 heterocycles. The Bertz CT molecular complexity index is 3060. The van der Waals surface area contributed by atoms with Crippen molar-refractivity contribution in [2.45, 2.75) is 119 Å². The minimum absolute atomic E-state index is 0. The Morgan fingerprint density at radius 2 is 1.31 bits per heavy atom. The third kappa shape index (κ3) is 7.63. The molecule has 0 aliphatic heterocycles. The summed E-state index contributed by atoms with van der Waals surface area (Å²) in [6, 6.07) is 31.5. The van der Waals surface area contributed by atoms with E-state index in [4.69, 9.17) is 23.1 Å². The summed E-state index contributed by atoms with van der Waals surface area (Å²) >= 11 is 0. The van der Waals surface area contributed by atoms with Crippen LogP contribution in [0, 0.1) is 42.1 Å². The van der Waals surface area contributed by atoms with Crippen molar-refractivity contribution in [3.8, 4) is 22.5 Å². The molecular weight excluding hydrogens is 899 g/mol. The molecule has 9 rings (SSSR count). The van der Waals surface area contributed by atoms with Gasteiger partial charge in [0.15, 0.2) is 0 Å². The number of benzene rings is 3. The van der Waals surface area contributed by atoms with E-state index in [2.05, 4.69) is 80.1 Å². The van der Waals surface area contributed by atoms with Gasteiger partial charge in [-0.3, -0.25) is 0 Å². The quantitative estimate of drug-likeness (QED) is 0.165. The molecule has 0 saturated heterocycles. The molecule has 4 nitrogen and oxygen atoms in total. The van der Waals surface area contributed by atoms with Gasteiger partial charge < -0.3 is 14.4 Å². The molecule has 0 fully saturated rings. The SMILES string of the molecule is [2H]C([2H])([2H])c1cnc(-c2[c-]ccc3c2oc2nc4c(cc23)C(C)(C)C2(Cc3ccccc3C2)C4(C)C)cc1C([2H])([2H])C(C)(C)C.[2H]C([2H])([2H])c1cnc(-c2[c-]cccc2)cc1C([2H])([2H])C(C)(C)C.[Ir]. The van der Waals surface area contributed by atoms with E-state index in [0.29, 0.717) is 33.8 Å². The molecule has 0 N–H and O–H groups in total. The minimum atomic E-state index is -2.52. The molecule has 0 amide bonds. The van der Waals surface area contributed by atoms with Crippen LogP contribution in [0.2, 0.25) is 0 Å². The van der Waals surface area contributed by atoms with Gasteiger partial charge in [0.25, 0.3) is 0 Å². The number of fused-ring (bicyclic) bond motifs is 5. The maximum atomic E-state index is 8.96.